The summed E-state index contributed by atoms with van der Waals surface area (Å²) in [7, 11) is 6.67. The Hall–Kier alpha value is -1.31. The van der Waals surface area contributed by atoms with Gasteiger partial charge >= 0.3 is 0 Å². The highest BCUT2D eigenvalue weighted by Crippen LogP contribution is 2.29. The number of hydrogen-bond acceptors (Lipinski definition) is 6. The van der Waals surface area contributed by atoms with Gasteiger partial charge in [-0.05, 0) is 6.07 Å². The summed E-state index contributed by atoms with van der Waals surface area (Å²) in [5.74, 6) is -0.0873. The topological polar surface area (TPSA) is 76.8 Å². The van der Waals surface area contributed by atoms with Crippen LogP contribution in [0.3, 0.4) is 0 Å². The Morgan fingerprint density at radius 3 is 2.74 bits per heavy atom. The molecule has 6 nitrogen and oxygen atoms in total. The van der Waals surface area contributed by atoms with Crippen molar-refractivity contribution in [2.45, 2.75) is 6.10 Å². The number of ether oxygens (including phenoxy) is 2. The van der Waals surface area contributed by atoms with Gasteiger partial charge in [0.1, 0.15) is 4.88 Å². The SMILES string of the molecule is COCC(CNc1cc(N)c(C(=O)N(C)C)s1)OC. The molecule has 0 bridgehead atoms. The van der Waals surface area contributed by atoms with E-state index in [1.807, 2.05) is 0 Å². The average molecular weight is 287 g/mol. The Morgan fingerprint density at radius 1 is 1.53 bits per heavy atom. The van der Waals surface area contributed by atoms with E-state index in [-0.39, 0.29) is 12.0 Å². The molecular weight excluding hydrogens is 266 g/mol. The number of carbonyl (C=O) groups is 1. The van der Waals surface area contributed by atoms with Crippen LogP contribution in [0.25, 0.3) is 0 Å². The van der Waals surface area contributed by atoms with Crippen molar-refractivity contribution in [3.8, 4) is 0 Å². The third-order valence-corrected chi connectivity index (χ3v) is 3.65. The van der Waals surface area contributed by atoms with Gasteiger partial charge in [-0.1, -0.05) is 0 Å². The van der Waals surface area contributed by atoms with Gasteiger partial charge in [0.15, 0.2) is 0 Å². The van der Waals surface area contributed by atoms with Crippen LogP contribution in [0, 0.1) is 0 Å². The van der Waals surface area contributed by atoms with E-state index in [0.29, 0.717) is 23.7 Å². The maximum atomic E-state index is 11.9. The predicted molar refractivity (Wildman–Crippen MR) is 77.9 cm³/mol. The number of carbonyl (C=O) groups excluding carboxylic acids is 1. The van der Waals surface area contributed by atoms with E-state index in [1.54, 1.807) is 34.4 Å². The lowest BCUT2D eigenvalue weighted by atomic mass is 10.3. The fraction of sp³-hybridized carbons (Fsp3) is 0.583. The minimum Gasteiger partial charge on any atom is -0.397 e. The molecule has 1 aromatic rings. The van der Waals surface area contributed by atoms with Crippen molar-refractivity contribution in [1.29, 1.82) is 0 Å². The first kappa shape index (κ1) is 15.7. The number of nitrogen functional groups attached to an aromatic ring is 1. The van der Waals surface area contributed by atoms with E-state index >= 15 is 0 Å². The summed E-state index contributed by atoms with van der Waals surface area (Å²) in [6, 6.07) is 1.76. The maximum Gasteiger partial charge on any atom is 0.265 e. The van der Waals surface area contributed by atoms with Gasteiger partial charge in [0, 0.05) is 34.9 Å². The molecule has 0 aliphatic carbocycles. The van der Waals surface area contributed by atoms with Gasteiger partial charge in [-0.25, -0.2) is 0 Å². The van der Waals surface area contributed by atoms with E-state index in [1.165, 1.54) is 16.2 Å². The van der Waals surface area contributed by atoms with Crippen LogP contribution in [-0.4, -0.2) is 58.4 Å². The average Bonchev–Trinajstić information content (AvgIpc) is 2.74. The lowest BCUT2D eigenvalue weighted by Crippen LogP contribution is -2.26. The number of nitrogens with two attached hydrogens (primary N) is 1. The molecule has 1 atom stereocenters. The fourth-order valence-electron chi connectivity index (χ4n) is 1.47. The van der Waals surface area contributed by atoms with E-state index < -0.39 is 0 Å². The molecule has 0 saturated heterocycles. The van der Waals surface area contributed by atoms with Gasteiger partial charge in [0.05, 0.1) is 23.4 Å². The van der Waals surface area contributed by atoms with Crippen molar-refractivity contribution in [1.82, 2.24) is 4.90 Å². The molecule has 0 aromatic carbocycles. The Morgan fingerprint density at radius 2 is 2.21 bits per heavy atom. The van der Waals surface area contributed by atoms with Crippen molar-refractivity contribution in [2.75, 3.05) is 52.5 Å². The molecule has 3 N–H and O–H groups in total. The first-order valence-corrected chi connectivity index (χ1v) is 6.67. The largest absolute Gasteiger partial charge is 0.397 e. The second kappa shape index (κ2) is 7.32. The number of rotatable bonds is 7. The van der Waals surface area contributed by atoms with Crippen LogP contribution < -0.4 is 11.1 Å². The van der Waals surface area contributed by atoms with Crippen LogP contribution in [0.4, 0.5) is 10.7 Å². The molecule has 0 aliphatic rings. The number of thiophene rings is 1. The Bertz CT molecular complexity index is 420. The Kier molecular flexibility index (Phi) is 6.07. The summed E-state index contributed by atoms with van der Waals surface area (Å²) in [6.45, 7) is 1.10. The van der Waals surface area contributed by atoms with Crippen LogP contribution >= 0.6 is 11.3 Å². The van der Waals surface area contributed by atoms with Gasteiger partial charge < -0.3 is 25.4 Å². The highest BCUT2D eigenvalue weighted by Gasteiger charge is 2.16. The number of hydrogen-bond donors (Lipinski definition) is 2. The van der Waals surface area contributed by atoms with E-state index in [2.05, 4.69) is 5.32 Å². The van der Waals surface area contributed by atoms with Crippen molar-refractivity contribution in [3.63, 3.8) is 0 Å². The highest BCUT2D eigenvalue weighted by molar-refractivity contribution is 7.18. The summed E-state index contributed by atoms with van der Waals surface area (Å²) >= 11 is 1.34. The van der Waals surface area contributed by atoms with Crippen LogP contribution in [0.5, 0.6) is 0 Å². The third kappa shape index (κ3) is 4.38. The van der Waals surface area contributed by atoms with Crippen molar-refractivity contribution in [2.24, 2.45) is 0 Å². The number of methoxy groups -OCH3 is 2. The van der Waals surface area contributed by atoms with Crippen LogP contribution in [0.1, 0.15) is 9.67 Å². The van der Waals surface area contributed by atoms with Crippen LogP contribution in [0.15, 0.2) is 6.07 Å². The molecule has 0 radical (unpaired) electrons. The summed E-state index contributed by atoms with van der Waals surface area (Å²) in [5, 5.41) is 4.05. The van der Waals surface area contributed by atoms with E-state index in [4.69, 9.17) is 15.2 Å². The molecule has 1 aromatic heterocycles. The first-order valence-electron chi connectivity index (χ1n) is 5.86. The van der Waals surface area contributed by atoms with Gasteiger partial charge in [-0.3, -0.25) is 4.79 Å². The molecule has 0 fully saturated rings. The molecule has 0 spiro atoms. The second-order valence-corrected chi connectivity index (χ2v) is 5.34. The lowest BCUT2D eigenvalue weighted by Gasteiger charge is -2.14. The number of nitrogens with one attached hydrogen (secondary N) is 1. The molecule has 19 heavy (non-hydrogen) atoms. The van der Waals surface area contributed by atoms with Gasteiger partial charge in [0.2, 0.25) is 0 Å². The Labute approximate surface area is 117 Å². The molecule has 0 saturated carbocycles. The first-order chi connectivity index (χ1) is 8.99. The minimum absolute atomic E-state index is 0.0404. The number of anilines is 2. The normalized spacial score (nSPS) is 12.2. The van der Waals surface area contributed by atoms with Gasteiger partial charge in [0.25, 0.3) is 5.91 Å². The lowest BCUT2D eigenvalue weighted by molar-refractivity contribution is 0.0366. The fourth-order valence-corrected chi connectivity index (χ4v) is 2.48. The zero-order valence-corrected chi connectivity index (χ0v) is 12.5. The zero-order chi connectivity index (χ0) is 14.4. The van der Waals surface area contributed by atoms with Crippen molar-refractivity contribution in [3.05, 3.63) is 10.9 Å². The smallest absolute Gasteiger partial charge is 0.265 e. The molecule has 1 amide bonds. The number of nitrogens with zero attached hydrogens (tertiary/aromatic N) is 1. The maximum absolute atomic E-state index is 11.9. The molecule has 108 valence electrons. The molecule has 1 unspecified atom stereocenters. The minimum atomic E-state index is -0.0873. The molecule has 1 rings (SSSR count). The number of amides is 1. The zero-order valence-electron chi connectivity index (χ0n) is 11.7. The van der Waals surface area contributed by atoms with E-state index in [0.717, 1.165) is 5.00 Å². The highest BCUT2D eigenvalue weighted by atomic mass is 32.1. The monoisotopic (exact) mass is 287 g/mol. The van der Waals surface area contributed by atoms with Crippen LogP contribution in [0.2, 0.25) is 0 Å². The van der Waals surface area contributed by atoms with Gasteiger partial charge in [-0.15, -0.1) is 11.3 Å². The summed E-state index contributed by atoms with van der Waals surface area (Å²) < 4.78 is 10.3. The van der Waals surface area contributed by atoms with Gasteiger partial charge in [-0.2, -0.15) is 0 Å². The predicted octanol–water partition coefficient (Wildman–Crippen LogP) is 1.11. The standard InChI is InChI=1S/C12H21N3O3S/c1-15(2)12(16)11-9(13)5-10(19-11)14-6-8(18-4)7-17-3/h5,8,14H,6-7,13H2,1-4H3. The quantitative estimate of drug-likeness (QED) is 0.785. The van der Waals surface area contributed by atoms with Crippen LogP contribution in [-0.2, 0) is 9.47 Å². The summed E-state index contributed by atoms with van der Waals surface area (Å²) in [4.78, 5) is 13.9. The molecule has 0 aliphatic heterocycles. The third-order valence-electron chi connectivity index (χ3n) is 2.55. The summed E-state index contributed by atoms with van der Waals surface area (Å²) in [5.41, 5.74) is 6.34. The molecule has 1 heterocycles. The molecular formula is C12H21N3O3S. The van der Waals surface area contributed by atoms with Crippen molar-refractivity contribution < 1.29 is 14.3 Å². The Balaban J connectivity index is 2.66. The molecule has 7 heteroatoms. The summed E-state index contributed by atoms with van der Waals surface area (Å²) in [6.07, 6.45) is -0.0404. The van der Waals surface area contributed by atoms with Crippen molar-refractivity contribution >= 4 is 27.9 Å². The van der Waals surface area contributed by atoms with E-state index in [9.17, 15) is 4.79 Å². The second-order valence-electron chi connectivity index (χ2n) is 4.29.